The molecule has 0 amide bonds. The second kappa shape index (κ2) is 5.54. The second-order valence-corrected chi connectivity index (χ2v) is 6.51. The molecule has 0 aromatic heterocycles. The lowest BCUT2D eigenvalue weighted by atomic mass is 9.92. The number of carbonyl (C=O) groups is 1. The predicted molar refractivity (Wildman–Crippen MR) is 80.0 cm³/mol. The third-order valence-electron chi connectivity index (χ3n) is 4.91. The number of hydrogen-bond acceptors (Lipinski definition) is 3. The first-order valence-electron chi connectivity index (χ1n) is 7.95. The Morgan fingerprint density at radius 1 is 1.36 bits per heavy atom. The van der Waals surface area contributed by atoms with Crippen molar-refractivity contribution in [1.29, 1.82) is 0 Å². The largest absolute Gasteiger partial charge is 0.493 e. The topological polar surface area (TPSA) is 55.8 Å². The first kappa shape index (κ1) is 16.1. The summed E-state index contributed by atoms with van der Waals surface area (Å²) in [5, 5.41) is 9.07. The predicted octanol–water partition coefficient (Wildman–Crippen LogP) is 3.74. The minimum absolute atomic E-state index is 0.0185. The van der Waals surface area contributed by atoms with Crippen molar-refractivity contribution in [3.8, 4) is 0 Å². The summed E-state index contributed by atoms with van der Waals surface area (Å²) in [7, 11) is 0. The van der Waals surface area contributed by atoms with Crippen LogP contribution in [0, 0.1) is 17.8 Å². The van der Waals surface area contributed by atoms with Crippen molar-refractivity contribution in [2.24, 2.45) is 17.8 Å². The minimum atomic E-state index is -4.38. The van der Waals surface area contributed by atoms with Crippen LogP contribution < -0.4 is 0 Å². The first-order valence-corrected chi connectivity index (χ1v) is 7.95. The van der Waals surface area contributed by atoms with Crippen molar-refractivity contribution >= 4 is 5.97 Å². The maximum Gasteiger partial charge on any atom is 0.416 e. The van der Waals surface area contributed by atoms with Crippen LogP contribution in [0.4, 0.5) is 13.2 Å². The van der Waals surface area contributed by atoms with Gasteiger partial charge < -0.3 is 14.6 Å². The molecular weight excluding hydrogens is 337 g/mol. The molecule has 4 rings (SSSR count). The first-order chi connectivity index (χ1) is 11.8. The van der Waals surface area contributed by atoms with Gasteiger partial charge in [-0.05, 0) is 30.2 Å². The molecule has 1 saturated heterocycles. The third kappa shape index (κ3) is 2.88. The molecule has 7 heteroatoms. The zero-order valence-corrected chi connectivity index (χ0v) is 13.0. The smallest absolute Gasteiger partial charge is 0.416 e. The van der Waals surface area contributed by atoms with Gasteiger partial charge >= 0.3 is 12.1 Å². The minimum Gasteiger partial charge on any atom is -0.493 e. The number of allylic oxidation sites excluding steroid dienone is 3. The number of fused-ring (bicyclic) bond motifs is 3. The van der Waals surface area contributed by atoms with Gasteiger partial charge in [0.15, 0.2) is 0 Å². The molecule has 0 spiro atoms. The van der Waals surface area contributed by atoms with Gasteiger partial charge in [0.2, 0.25) is 0 Å². The number of benzene rings is 1. The fourth-order valence-corrected chi connectivity index (χ4v) is 3.64. The summed E-state index contributed by atoms with van der Waals surface area (Å²) in [5.74, 6) is 0.0793. The Labute approximate surface area is 141 Å². The van der Waals surface area contributed by atoms with Crippen LogP contribution in [0.5, 0.6) is 0 Å². The number of hydrogen-bond donors (Lipinski definition) is 1. The summed E-state index contributed by atoms with van der Waals surface area (Å²) >= 11 is 0. The average Bonchev–Trinajstić information content (AvgIpc) is 3.16. The molecule has 1 aromatic rings. The van der Waals surface area contributed by atoms with E-state index in [4.69, 9.17) is 14.6 Å². The van der Waals surface area contributed by atoms with Gasteiger partial charge in [0.05, 0.1) is 5.56 Å². The zero-order valence-electron chi connectivity index (χ0n) is 13.0. The third-order valence-corrected chi connectivity index (χ3v) is 4.91. The number of carboxylic acids is 1. The number of ether oxygens (including phenoxy) is 2. The summed E-state index contributed by atoms with van der Waals surface area (Å²) in [6.45, 7) is 0.0226. The van der Waals surface area contributed by atoms with Crippen LogP contribution in [0.1, 0.15) is 17.5 Å². The molecule has 1 heterocycles. The van der Waals surface area contributed by atoms with Crippen LogP contribution in [0.15, 0.2) is 47.9 Å². The van der Waals surface area contributed by atoms with Gasteiger partial charge in [0.1, 0.15) is 30.1 Å². The molecule has 2 fully saturated rings. The Bertz CT molecular complexity index is 781. The van der Waals surface area contributed by atoms with E-state index in [-0.39, 0.29) is 24.5 Å². The van der Waals surface area contributed by atoms with Crippen LogP contribution in [0.3, 0.4) is 0 Å². The van der Waals surface area contributed by atoms with E-state index in [1.54, 1.807) is 12.1 Å². The maximum absolute atomic E-state index is 12.7. The van der Waals surface area contributed by atoms with Crippen molar-refractivity contribution in [3.05, 3.63) is 59.1 Å². The molecule has 25 heavy (non-hydrogen) atoms. The number of halogens is 3. The average molecular weight is 352 g/mol. The quantitative estimate of drug-likeness (QED) is 0.897. The highest BCUT2D eigenvalue weighted by Crippen LogP contribution is 2.59. The standard InChI is InChI=1S/C18H15F3O4/c19-18(20,21)10-3-1-2-9(6-10)8-24-11-4-5-12-13(7-11)25-16-14(12)15(16)17(22)23/h1-4,6-7,12,14-16H,5,8H2,(H,22,23)/t12?,14-,15-,16-/m1/s1. The van der Waals surface area contributed by atoms with Gasteiger partial charge in [-0.2, -0.15) is 13.2 Å². The molecule has 1 aliphatic heterocycles. The lowest BCUT2D eigenvalue weighted by molar-refractivity contribution is -0.140. The van der Waals surface area contributed by atoms with E-state index >= 15 is 0 Å². The molecule has 0 bridgehead atoms. The van der Waals surface area contributed by atoms with E-state index in [9.17, 15) is 18.0 Å². The van der Waals surface area contributed by atoms with Crippen LogP contribution >= 0.6 is 0 Å². The molecule has 1 saturated carbocycles. The number of aliphatic carboxylic acids is 1. The fourth-order valence-electron chi connectivity index (χ4n) is 3.64. The molecule has 1 N–H and O–H groups in total. The summed E-state index contributed by atoms with van der Waals surface area (Å²) in [6, 6.07) is 5.02. The molecule has 1 aromatic carbocycles. The van der Waals surface area contributed by atoms with E-state index in [0.717, 1.165) is 12.1 Å². The Morgan fingerprint density at radius 2 is 2.16 bits per heavy atom. The van der Waals surface area contributed by atoms with Crippen molar-refractivity contribution < 1.29 is 32.5 Å². The Morgan fingerprint density at radius 3 is 2.88 bits per heavy atom. The highest BCUT2D eigenvalue weighted by atomic mass is 19.4. The molecule has 4 nitrogen and oxygen atoms in total. The molecule has 132 valence electrons. The molecule has 3 aliphatic rings. The van der Waals surface area contributed by atoms with Crippen LogP contribution in [-0.4, -0.2) is 17.2 Å². The van der Waals surface area contributed by atoms with E-state index < -0.39 is 23.6 Å². The van der Waals surface area contributed by atoms with Gasteiger partial charge in [-0.25, -0.2) is 0 Å². The van der Waals surface area contributed by atoms with Crippen LogP contribution in [-0.2, 0) is 27.1 Å². The van der Waals surface area contributed by atoms with Gasteiger partial charge in [-0.1, -0.05) is 12.1 Å². The fraction of sp³-hybridized carbons (Fsp3) is 0.389. The van der Waals surface area contributed by atoms with Gasteiger partial charge in [0, 0.05) is 17.9 Å². The summed E-state index contributed by atoms with van der Waals surface area (Å²) < 4.78 is 49.4. The SMILES string of the molecule is O=C(O)[C@H]1[C@@H]2OC3=CC(OCc4cccc(C(F)(F)F)c4)=CCC3[C@@H]21. The van der Waals surface area contributed by atoms with E-state index in [0.29, 0.717) is 23.5 Å². The molecular formula is C18H15F3O4. The van der Waals surface area contributed by atoms with Gasteiger partial charge in [-0.3, -0.25) is 4.79 Å². The zero-order chi connectivity index (χ0) is 17.8. The lowest BCUT2D eigenvalue weighted by Gasteiger charge is -2.20. The van der Waals surface area contributed by atoms with Crippen molar-refractivity contribution in [2.75, 3.05) is 0 Å². The number of carboxylic acid groups (broad SMARTS) is 1. The monoisotopic (exact) mass is 352 g/mol. The van der Waals surface area contributed by atoms with Crippen molar-refractivity contribution in [2.45, 2.75) is 25.3 Å². The van der Waals surface area contributed by atoms with E-state index in [2.05, 4.69) is 0 Å². The highest BCUT2D eigenvalue weighted by Gasteiger charge is 2.66. The molecule has 4 atom stereocenters. The Hall–Kier alpha value is -2.44. The summed E-state index contributed by atoms with van der Waals surface area (Å²) in [5.41, 5.74) is -0.277. The molecule has 2 aliphatic carbocycles. The van der Waals surface area contributed by atoms with Crippen LogP contribution in [0.2, 0.25) is 0 Å². The summed E-state index contributed by atoms with van der Waals surface area (Å²) in [6.07, 6.45) is -0.467. The van der Waals surface area contributed by atoms with Gasteiger partial charge in [0.25, 0.3) is 0 Å². The van der Waals surface area contributed by atoms with Crippen molar-refractivity contribution in [3.63, 3.8) is 0 Å². The second-order valence-electron chi connectivity index (χ2n) is 6.51. The molecule has 0 radical (unpaired) electrons. The van der Waals surface area contributed by atoms with Crippen LogP contribution in [0.25, 0.3) is 0 Å². The van der Waals surface area contributed by atoms with Gasteiger partial charge in [-0.15, -0.1) is 0 Å². The normalized spacial score (nSPS) is 29.7. The summed E-state index contributed by atoms with van der Waals surface area (Å²) in [4.78, 5) is 11.1. The number of alkyl halides is 3. The highest BCUT2D eigenvalue weighted by molar-refractivity contribution is 5.76. The van der Waals surface area contributed by atoms with Crippen molar-refractivity contribution in [1.82, 2.24) is 0 Å². The maximum atomic E-state index is 12.7. The molecule has 1 unspecified atom stereocenters. The Kier molecular flexibility index (Phi) is 3.56. The lowest BCUT2D eigenvalue weighted by Crippen LogP contribution is -2.15. The van der Waals surface area contributed by atoms with E-state index in [1.165, 1.54) is 6.07 Å². The van der Waals surface area contributed by atoms with E-state index in [1.807, 2.05) is 6.08 Å². The number of rotatable bonds is 4. The Balaban J connectivity index is 1.38.